The molecule has 11 heteroatoms. The summed E-state index contributed by atoms with van der Waals surface area (Å²) in [4.78, 5) is 30.6. The van der Waals surface area contributed by atoms with E-state index in [1.165, 1.54) is 11.7 Å². The summed E-state index contributed by atoms with van der Waals surface area (Å²) in [5, 5.41) is 14.0. The summed E-state index contributed by atoms with van der Waals surface area (Å²) < 4.78 is 10.0. The predicted molar refractivity (Wildman–Crippen MR) is 141 cm³/mol. The van der Waals surface area contributed by atoms with Gasteiger partial charge in [-0.1, -0.05) is 37.6 Å². The van der Waals surface area contributed by atoms with E-state index in [0.29, 0.717) is 23.8 Å². The Kier molecular flexibility index (Phi) is 6.98. The quantitative estimate of drug-likeness (QED) is 0.300. The number of nitrogens with one attached hydrogen (secondary N) is 1. The van der Waals surface area contributed by atoms with Crippen LogP contribution in [0.4, 0.5) is 0 Å². The molecule has 11 nitrogen and oxygen atoms in total. The Morgan fingerprint density at radius 1 is 1.11 bits per heavy atom. The van der Waals surface area contributed by atoms with Crippen LogP contribution in [-0.4, -0.2) is 52.4 Å². The fourth-order valence-corrected chi connectivity index (χ4v) is 4.59. The largest absolute Gasteiger partial charge is 0.465 e. The Balaban J connectivity index is 1.56. The third-order valence-electron chi connectivity index (χ3n) is 6.57. The molecule has 1 N–H and O–H groups in total. The number of imidazole rings is 1. The van der Waals surface area contributed by atoms with E-state index < -0.39 is 5.97 Å². The van der Waals surface area contributed by atoms with Crippen LogP contribution >= 0.6 is 0 Å². The number of carbonyl (C=O) groups excluding carboxylic acids is 1. The van der Waals surface area contributed by atoms with Crippen molar-refractivity contribution in [3.63, 3.8) is 0 Å². The average Bonchev–Trinajstić information content (AvgIpc) is 3.68. The monoisotopic (exact) mass is 512 g/mol. The summed E-state index contributed by atoms with van der Waals surface area (Å²) in [6.07, 6.45) is 9.75. The van der Waals surface area contributed by atoms with Crippen LogP contribution in [-0.2, 0) is 24.8 Å². The molecular weight excluding hydrogens is 484 g/mol. The van der Waals surface area contributed by atoms with Crippen LogP contribution in [0.3, 0.4) is 0 Å². The normalized spacial score (nSPS) is 11.1. The van der Waals surface area contributed by atoms with Crippen LogP contribution in [0.15, 0.2) is 66.0 Å². The fraction of sp³-hybridized carbons (Fsp3) is 0.259. The van der Waals surface area contributed by atoms with Crippen LogP contribution in [0.5, 0.6) is 0 Å². The zero-order valence-electron chi connectivity index (χ0n) is 21.5. The Morgan fingerprint density at radius 3 is 2.61 bits per heavy atom. The molecule has 0 bridgehead atoms. The lowest BCUT2D eigenvalue weighted by Gasteiger charge is -2.12. The maximum Gasteiger partial charge on any atom is 0.341 e. The van der Waals surface area contributed by atoms with Gasteiger partial charge in [0.2, 0.25) is 0 Å². The van der Waals surface area contributed by atoms with Crippen LogP contribution in [0.25, 0.3) is 28.3 Å². The van der Waals surface area contributed by atoms with Crippen LogP contribution in [0.1, 0.15) is 41.4 Å². The molecule has 0 radical (unpaired) electrons. The number of benzene rings is 1. The standard InChI is InChI=1S/C27H28N8O3/c1-4-5-6-21-17-35(25-23(26(36)38-3)12-14-33(25)2)27(37)34(21)16-20-15-28-13-11-22(20)18-7-9-19(10-8-18)24-29-31-32-30-24/h7-15,17H,4-6,16H2,1-3H3,(H,29,30,31,32). The third-order valence-corrected chi connectivity index (χ3v) is 6.57. The first-order valence-electron chi connectivity index (χ1n) is 12.3. The van der Waals surface area contributed by atoms with Gasteiger partial charge in [-0.25, -0.2) is 14.7 Å². The van der Waals surface area contributed by atoms with Gasteiger partial charge in [-0.05, 0) is 52.1 Å². The van der Waals surface area contributed by atoms with E-state index in [0.717, 1.165) is 47.2 Å². The van der Waals surface area contributed by atoms with Crippen molar-refractivity contribution >= 4 is 5.97 Å². The summed E-state index contributed by atoms with van der Waals surface area (Å²) in [6.45, 7) is 2.45. The molecule has 4 heterocycles. The zero-order chi connectivity index (χ0) is 26.6. The lowest BCUT2D eigenvalue weighted by atomic mass is 10.00. The number of H-pyrrole nitrogens is 1. The van der Waals surface area contributed by atoms with E-state index in [1.54, 1.807) is 40.8 Å². The van der Waals surface area contributed by atoms with E-state index in [-0.39, 0.29) is 5.69 Å². The molecule has 1 aromatic carbocycles. The molecule has 0 saturated heterocycles. The van der Waals surface area contributed by atoms with Crippen molar-refractivity contribution < 1.29 is 9.53 Å². The number of methoxy groups -OCH3 is 1. The number of ether oxygens (including phenoxy) is 1. The third kappa shape index (κ3) is 4.65. The summed E-state index contributed by atoms with van der Waals surface area (Å²) in [6, 6.07) is 11.5. The molecule has 4 aromatic heterocycles. The molecule has 0 atom stereocenters. The summed E-state index contributed by atoms with van der Waals surface area (Å²) >= 11 is 0. The molecule has 0 unspecified atom stereocenters. The Hall–Kier alpha value is -4.80. The van der Waals surface area contributed by atoms with Gasteiger partial charge in [0, 0.05) is 43.1 Å². The second-order valence-corrected chi connectivity index (χ2v) is 8.98. The molecule has 0 aliphatic heterocycles. The van der Waals surface area contributed by atoms with Crippen molar-refractivity contribution in [3.8, 4) is 28.3 Å². The number of aromatic nitrogens is 8. The Morgan fingerprint density at radius 2 is 1.89 bits per heavy atom. The van der Waals surface area contributed by atoms with Crippen molar-refractivity contribution in [2.45, 2.75) is 32.7 Å². The van der Waals surface area contributed by atoms with Gasteiger partial charge >= 0.3 is 11.7 Å². The van der Waals surface area contributed by atoms with E-state index in [4.69, 9.17) is 4.74 Å². The van der Waals surface area contributed by atoms with Crippen molar-refractivity contribution in [1.82, 2.24) is 39.3 Å². The van der Waals surface area contributed by atoms with Gasteiger partial charge in [0.05, 0.1) is 13.7 Å². The van der Waals surface area contributed by atoms with Gasteiger partial charge in [0.15, 0.2) is 5.82 Å². The zero-order valence-corrected chi connectivity index (χ0v) is 21.5. The Labute approximate surface area is 218 Å². The minimum absolute atomic E-state index is 0.231. The summed E-state index contributed by atoms with van der Waals surface area (Å²) in [7, 11) is 3.13. The van der Waals surface area contributed by atoms with Crippen LogP contribution < -0.4 is 5.69 Å². The van der Waals surface area contributed by atoms with Crippen molar-refractivity contribution in [1.29, 1.82) is 0 Å². The molecule has 0 fully saturated rings. The number of tetrazole rings is 1. The van der Waals surface area contributed by atoms with Crippen LogP contribution in [0, 0.1) is 0 Å². The molecule has 38 heavy (non-hydrogen) atoms. The summed E-state index contributed by atoms with van der Waals surface area (Å²) in [5.74, 6) is 0.573. The van der Waals surface area contributed by atoms with E-state index in [9.17, 15) is 9.59 Å². The maximum atomic E-state index is 13.8. The maximum absolute atomic E-state index is 13.8. The number of aromatic amines is 1. The van der Waals surface area contributed by atoms with Crippen molar-refractivity contribution in [2.75, 3.05) is 7.11 Å². The minimum Gasteiger partial charge on any atom is -0.465 e. The molecule has 0 spiro atoms. The van der Waals surface area contributed by atoms with Gasteiger partial charge in [-0.3, -0.25) is 14.1 Å². The van der Waals surface area contributed by atoms with Gasteiger partial charge < -0.3 is 9.30 Å². The molecule has 194 valence electrons. The first-order valence-corrected chi connectivity index (χ1v) is 12.3. The number of rotatable bonds is 9. The van der Waals surface area contributed by atoms with Gasteiger partial charge in [-0.15, -0.1) is 5.10 Å². The highest BCUT2D eigenvalue weighted by atomic mass is 16.5. The highest BCUT2D eigenvalue weighted by molar-refractivity contribution is 5.93. The topological polar surface area (TPSA) is 126 Å². The minimum atomic E-state index is -0.491. The van der Waals surface area contributed by atoms with E-state index in [1.807, 2.05) is 36.5 Å². The lowest BCUT2D eigenvalue weighted by Crippen LogP contribution is -2.27. The molecule has 0 saturated carbocycles. The van der Waals surface area contributed by atoms with Crippen molar-refractivity contribution in [3.05, 3.63) is 88.5 Å². The Bertz CT molecular complexity index is 1610. The van der Waals surface area contributed by atoms with Crippen LogP contribution in [0.2, 0.25) is 0 Å². The first kappa shape index (κ1) is 24.9. The number of unbranched alkanes of at least 4 members (excludes halogenated alkanes) is 1. The highest BCUT2D eigenvalue weighted by Crippen LogP contribution is 2.26. The molecule has 0 amide bonds. The van der Waals surface area contributed by atoms with Crippen molar-refractivity contribution in [2.24, 2.45) is 7.05 Å². The van der Waals surface area contributed by atoms with Gasteiger partial charge in [-0.2, -0.15) is 0 Å². The van der Waals surface area contributed by atoms with E-state index >= 15 is 0 Å². The average molecular weight is 513 g/mol. The fourth-order valence-electron chi connectivity index (χ4n) is 4.59. The predicted octanol–water partition coefficient (Wildman–Crippen LogP) is 3.40. The SMILES string of the molecule is CCCCc1cn(-c2c(C(=O)OC)ccn2C)c(=O)n1Cc1cnccc1-c1ccc(-c2nnn[nH]2)cc1. The number of carbonyl (C=O) groups is 1. The number of pyridine rings is 1. The number of hydrogen-bond donors (Lipinski definition) is 1. The molecule has 0 aliphatic rings. The molecular formula is C27H28N8O3. The highest BCUT2D eigenvalue weighted by Gasteiger charge is 2.22. The lowest BCUT2D eigenvalue weighted by molar-refractivity contribution is 0.0600. The smallest absolute Gasteiger partial charge is 0.341 e. The number of aryl methyl sites for hydroxylation is 2. The number of hydrogen-bond acceptors (Lipinski definition) is 7. The number of esters is 1. The van der Waals surface area contributed by atoms with Gasteiger partial charge in [0.1, 0.15) is 11.4 Å². The van der Waals surface area contributed by atoms with E-state index in [2.05, 4.69) is 32.5 Å². The first-order chi connectivity index (χ1) is 18.5. The molecule has 5 rings (SSSR count). The summed E-state index contributed by atoms with van der Waals surface area (Å²) in [5.41, 5.74) is 4.71. The second-order valence-electron chi connectivity index (χ2n) is 8.98. The number of nitrogens with zero attached hydrogens (tertiary/aromatic N) is 7. The second kappa shape index (κ2) is 10.7. The molecule has 5 aromatic rings. The molecule has 0 aliphatic carbocycles. The van der Waals surface area contributed by atoms with Gasteiger partial charge in [0.25, 0.3) is 0 Å².